The zero-order valence-corrected chi connectivity index (χ0v) is 22.2. The minimum absolute atomic E-state index is 0.00186. The number of β-amino-alcohol motifs (C(OH)–C–C–N with tert-alkyl or cyclic N) is 1. The highest BCUT2D eigenvalue weighted by molar-refractivity contribution is 5.88. The fourth-order valence-corrected chi connectivity index (χ4v) is 4.96. The van der Waals surface area contributed by atoms with Gasteiger partial charge in [-0.3, -0.25) is 14.5 Å². The maximum atomic E-state index is 9.83. The number of methoxy groups -OCH3 is 1. The molecule has 11 nitrogen and oxygen atoms in total. The van der Waals surface area contributed by atoms with E-state index < -0.39 is 0 Å². The van der Waals surface area contributed by atoms with Crippen LogP contribution in [0, 0.1) is 6.92 Å². The maximum Gasteiger partial charge on any atom is 0.222 e. The van der Waals surface area contributed by atoms with Crippen molar-refractivity contribution in [3.63, 3.8) is 0 Å². The number of ether oxygens (including phenoxy) is 1. The van der Waals surface area contributed by atoms with Crippen molar-refractivity contribution < 1.29 is 14.9 Å². The van der Waals surface area contributed by atoms with E-state index in [0.29, 0.717) is 17.9 Å². The summed E-state index contributed by atoms with van der Waals surface area (Å²) in [6, 6.07) is 6.21. The standard InChI is InChI=1S/C26H40N8O3/c1-4-5-21(17-36)28-25-24-23(29-26(27)30-25)18(2)31-34(24)16-20-7-6-19(14-22(20)37-3)15-33-10-8-32(9-11-33)12-13-35/h6-7,14,21,35-36H,4-5,8-13,15-17H2,1-3H3,(H3,27,28,29,30). The molecule has 2 aromatic heterocycles. The normalized spacial score (nSPS) is 15.8. The quantitative estimate of drug-likeness (QED) is 0.282. The van der Waals surface area contributed by atoms with Crippen LogP contribution in [0.15, 0.2) is 18.2 Å². The van der Waals surface area contributed by atoms with Crippen molar-refractivity contribution in [2.24, 2.45) is 0 Å². The average molecular weight is 513 g/mol. The highest BCUT2D eigenvalue weighted by Crippen LogP contribution is 2.28. The highest BCUT2D eigenvalue weighted by atomic mass is 16.5. The van der Waals surface area contributed by atoms with Gasteiger partial charge in [-0.25, -0.2) is 4.98 Å². The first-order valence-electron chi connectivity index (χ1n) is 13.0. The molecule has 0 aliphatic carbocycles. The van der Waals surface area contributed by atoms with Gasteiger partial charge in [0.15, 0.2) is 5.82 Å². The smallest absolute Gasteiger partial charge is 0.222 e. The number of nitrogens with one attached hydrogen (secondary N) is 1. The summed E-state index contributed by atoms with van der Waals surface area (Å²) >= 11 is 0. The number of aliphatic hydroxyl groups is 2. The fourth-order valence-electron chi connectivity index (χ4n) is 4.96. The van der Waals surface area contributed by atoms with E-state index in [1.54, 1.807) is 7.11 Å². The number of nitrogens with two attached hydrogens (primary N) is 1. The van der Waals surface area contributed by atoms with Crippen molar-refractivity contribution in [2.75, 3.05) is 64.1 Å². The van der Waals surface area contributed by atoms with E-state index in [9.17, 15) is 5.11 Å². The lowest BCUT2D eigenvalue weighted by Gasteiger charge is -2.34. The lowest BCUT2D eigenvalue weighted by atomic mass is 10.1. The largest absolute Gasteiger partial charge is 0.496 e. The molecule has 3 heterocycles. The molecule has 37 heavy (non-hydrogen) atoms. The first-order valence-corrected chi connectivity index (χ1v) is 13.0. The number of nitrogens with zero attached hydrogens (tertiary/aromatic N) is 6. The Kier molecular flexibility index (Phi) is 9.14. The molecule has 11 heteroatoms. The molecule has 1 unspecified atom stereocenters. The number of aliphatic hydroxyl groups excluding tert-OH is 2. The molecule has 1 saturated heterocycles. The molecule has 3 aromatic rings. The summed E-state index contributed by atoms with van der Waals surface area (Å²) in [4.78, 5) is 13.6. The van der Waals surface area contributed by atoms with E-state index in [1.807, 2.05) is 11.6 Å². The molecule has 1 fully saturated rings. The summed E-state index contributed by atoms with van der Waals surface area (Å²) < 4.78 is 7.66. The third kappa shape index (κ3) is 6.48. The average Bonchev–Trinajstić information content (AvgIpc) is 3.20. The molecule has 0 amide bonds. The van der Waals surface area contributed by atoms with Gasteiger partial charge in [0.2, 0.25) is 5.95 Å². The molecule has 1 aliphatic rings. The Hall–Kier alpha value is -2.99. The van der Waals surface area contributed by atoms with E-state index in [4.69, 9.17) is 20.7 Å². The van der Waals surface area contributed by atoms with Gasteiger partial charge >= 0.3 is 0 Å². The highest BCUT2D eigenvalue weighted by Gasteiger charge is 2.20. The summed E-state index contributed by atoms with van der Waals surface area (Å²) in [5.74, 6) is 1.55. The lowest BCUT2D eigenvalue weighted by Crippen LogP contribution is -2.46. The molecule has 1 aromatic carbocycles. The van der Waals surface area contributed by atoms with Crippen LogP contribution < -0.4 is 15.8 Å². The third-order valence-electron chi connectivity index (χ3n) is 6.93. The second-order valence-electron chi connectivity index (χ2n) is 9.67. The van der Waals surface area contributed by atoms with Crippen LogP contribution in [0.3, 0.4) is 0 Å². The van der Waals surface area contributed by atoms with Crippen molar-refractivity contribution in [1.82, 2.24) is 29.5 Å². The number of aromatic nitrogens is 4. The lowest BCUT2D eigenvalue weighted by molar-refractivity contribution is 0.108. The Morgan fingerprint density at radius 1 is 1.11 bits per heavy atom. The summed E-state index contributed by atoms with van der Waals surface area (Å²) in [6.45, 7) is 10.2. The zero-order chi connectivity index (χ0) is 26.4. The molecule has 0 radical (unpaired) electrons. The Labute approximate surface area is 218 Å². The number of benzene rings is 1. The number of nitrogen functional groups attached to an aromatic ring is 1. The van der Waals surface area contributed by atoms with Gasteiger partial charge in [0.25, 0.3) is 0 Å². The van der Waals surface area contributed by atoms with Crippen molar-refractivity contribution in [2.45, 2.75) is 45.8 Å². The van der Waals surface area contributed by atoms with E-state index in [0.717, 1.165) is 74.6 Å². The van der Waals surface area contributed by atoms with Gasteiger partial charge in [0.05, 0.1) is 38.6 Å². The van der Waals surface area contributed by atoms with Gasteiger partial charge in [-0.2, -0.15) is 10.1 Å². The number of anilines is 2. The van der Waals surface area contributed by atoms with Crippen molar-refractivity contribution in [3.05, 3.63) is 35.0 Å². The molecule has 0 spiro atoms. The molecular formula is C26H40N8O3. The number of fused-ring (bicyclic) bond motifs is 1. The zero-order valence-electron chi connectivity index (χ0n) is 22.2. The van der Waals surface area contributed by atoms with E-state index >= 15 is 0 Å². The van der Waals surface area contributed by atoms with Gasteiger partial charge in [-0.05, 0) is 25.0 Å². The van der Waals surface area contributed by atoms with E-state index in [2.05, 4.69) is 50.2 Å². The van der Waals surface area contributed by atoms with Crippen LogP contribution in [0.2, 0.25) is 0 Å². The SMILES string of the molecule is CCCC(CO)Nc1nc(N)nc2c(C)nn(Cc3ccc(CN4CCN(CCO)CC4)cc3OC)c12. The van der Waals surface area contributed by atoms with Crippen LogP contribution in [-0.4, -0.2) is 98.9 Å². The van der Waals surface area contributed by atoms with Crippen LogP contribution in [0.25, 0.3) is 11.0 Å². The summed E-state index contributed by atoms with van der Waals surface area (Å²) in [5, 5.41) is 27.1. The van der Waals surface area contributed by atoms with Gasteiger partial charge in [-0.1, -0.05) is 25.5 Å². The number of aryl methyl sites for hydroxylation is 1. The van der Waals surface area contributed by atoms with E-state index in [1.165, 1.54) is 5.56 Å². The van der Waals surface area contributed by atoms with Crippen LogP contribution in [0.5, 0.6) is 5.75 Å². The van der Waals surface area contributed by atoms with Gasteiger partial charge in [-0.15, -0.1) is 0 Å². The van der Waals surface area contributed by atoms with E-state index in [-0.39, 0.29) is 25.2 Å². The molecule has 5 N–H and O–H groups in total. The van der Waals surface area contributed by atoms with Crippen molar-refractivity contribution in [3.8, 4) is 5.75 Å². The maximum absolute atomic E-state index is 9.83. The first-order chi connectivity index (χ1) is 17.9. The van der Waals surface area contributed by atoms with Crippen LogP contribution in [0.4, 0.5) is 11.8 Å². The van der Waals surface area contributed by atoms with Crippen LogP contribution >= 0.6 is 0 Å². The molecule has 4 rings (SSSR count). The second kappa shape index (κ2) is 12.5. The van der Waals surface area contributed by atoms with Crippen molar-refractivity contribution in [1.29, 1.82) is 0 Å². The van der Waals surface area contributed by atoms with Gasteiger partial charge < -0.3 is 26.0 Å². The minimum Gasteiger partial charge on any atom is -0.496 e. The number of piperazine rings is 1. The predicted molar refractivity (Wildman–Crippen MR) is 145 cm³/mol. The van der Waals surface area contributed by atoms with Crippen LogP contribution in [-0.2, 0) is 13.1 Å². The summed E-state index contributed by atoms with van der Waals surface area (Å²) in [5.41, 5.74) is 10.4. The second-order valence-corrected chi connectivity index (χ2v) is 9.67. The first kappa shape index (κ1) is 27.1. The van der Waals surface area contributed by atoms with Crippen molar-refractivity contribution >= 4 is 22.8 Å². The minimum atomic E-state index is -0.134. The van der Waals surface area contributed by atoms with Crippen LogP contribution in [0.1, 0.15) is 36.6 Å². The monoisotopic (exact) mass is 512 g/mol. The molecule has 1 aliphatic heterocycles. The summed E-state index contributed by atoms with van der Waals surface area (Å²) in [7, 11) is 1.69. The predicted octanol–water partition coefficient (Wildman–Crippen LogP) is 1.46. The number of hydrogen-bond acceptors (Lipinski definition) is 10. The number of hydrogen-bond donors (Lipinski definition) is 4. The molecule has 0 bridgehead atoms. The molecule has 1 atom stereocenters. The summed E-state index contributed by atoms with van der Waals surface area (Å²) in [6.07, 6.45) is 1.74. The Morgan fingerprint density at radius 2 is 1.86 bits per heavy atom. The molecular weight excluding hydrogens is 472 g/mol. The Balaban J connectivity index is 1.56. The molecule has 0 saturated carbocycles. The Morgan fingerprint density at radius 3 is 2.54 bits per heavy atom. The topological polar surface area (TPSA) is 138 Å². The molecule has 202 valence electrons. The van der Waals surface area contributed by atoms with Gasteiger partial charge in [0, 0.05) is 44.8 Å². The Bertz CT molecular complexity index is 1180. The fraction of sp³-hybridized carbons (Fsp3) is 0.577. The number of rotatable bonds is 12. The van der Waals surface area contributed by atoms with Gasteiger partial charge in [0.1, 0.15) is 16.8 Å². The third-order valence-corrected chi connectivity index (χ3v) is 6.93.